The van der Waals surface area contributed by atoms with Gasteiger partial charge in [-0.05, 0) is 32.8 Å². The Morgan fingerprint density at radius 2 is 1.88 bits per heavy atom. The minimum atomic E-state index is -0.252. The van der Waals surface area contributed by atoms with Crippen LogP contribution in [0.3, 0.4) is 0 Å². The molecule has 0 aliphatic carbocycles. The molecule has 0 saturated carbocycles. The van der Waals surface area contributed by atoms with Gasteiger partial charge in [-0.3, -0.25) is 14.8 Å². The molecule has 1 amide bonds. The van der Waals surface area contributed by atoms with Crippen molar-refractivity contribution in [1.82, 2.24) is 14.7 Å². The molecule has 3 rings (SSSR count). The molecule has 0 unspecified atom stereocenters. The normalized spacial score (nSPS) is 26.8. The molecular weight excluding hydrogens is 323 g/mol. The van der Waals surface area contributed by atoms with Crippen molar-refractivity contribution < 1.29 is 13.9 Å². The Hall–Kier alpha value is -1.47. The quantitative estimate of drug-likeness (QED) is 0.782. The molecule has 140 valence electrons. The smallest absolute Gasteiger partial charge is 0.410 e. The molecule has 0 N–H and O–H groups in total. The summed E-state index contributed by atoms with van der Waals surface area (Å²) in [4.78, 5) is 23.1. The van der Waals surface area contributed by atoms with Crippen molar-refractivity contribution >= 4 is 12.3 Å². The Kier molecular flexibility index (Phi) is 6.06. The molecule has 1 atom stereocenters. The number of piperidine rings is 1. The summed E-state index contributed by atoms with van der Waals surface area (Å²) in [5.41, 5.74) is 0. The zero-order chi connectivity index (χ0) is 17.8. The molecule has 0 aromatic rings. The highest BCUT2D eigenvalue weighted by atomic mass is 19.1. The van der Waals surface area contributed by atoms with Crippen LogP contribution in [0.5, 0.6) is 0 Å². The Morgan fingerprint density at radius 1 is 1.20 bits per heavy atom. The molecule has 0 radical (unpaired) electrons. The van der Waals surface area contributed by atoms with Gasteiger partial charge >= 0.3 is 6.09 Å². The number of rotatable bonds is 3. The molecule has 0 bridgehead atoms. The Balaban J connectivity index is 1.39. The zero-order valence-electron chi connectivity index (χ0n) is 15.2. The number of ether oxygens (including phenoxy) is 1. The largest absolute Gasteiger partial charge is 0.446 e. The molecule has 0 aromatic heterocycles. The molecule has 3 aliphatic rings. The summed E-state index contributed by atoms with van der Waals surface area (Å²) in [5, 5.41) is 0. The maximum atomic E-state index is 13.0. The fourth-order valence-corrected chi connectivity index (χ4v) is 3.66. The summed E-state index contributed by atoms with van der Waals surface area (Å²) in [6, 6.07) is 0.522. The van der Waals surface area contributed by atoms with Gasteiger partial charge < -0.3 is 9.64 Å². The lowest BCUT2D eigenvalue weighted by Crippen LogP contribution is -2.52. The van der Waals surface area contributed by atoms with Crippen molar-refractivity contribution in [3.8, 4) is 0 Å². The van der Waals surface area contributed by atoms with Crippen LogP contribution in [0.15, 0.2) is 16.9 Å². The molecule has 3 aliphatic heterocycles. The molecule has 25 heavy (non-hydrogen) atoms. The predicted molar refractivity (Wildman–Crippen MR) is 95.4 cm³/mol. The van der Waals surface area contributed by atoms with Gasteiger partial charge in [-0.1, -0.05) is 0 Å². The number of allylic oxidation sites excluding steroid dienone is 1. The van der Waals surface area contributed by atoms with E-state index in [0.717, 1.165) is 52.1 Å². The van der Waals surface area contributed by atoms with E-state index in [2.05, 4.69) is 28.6 Å². The third kappa shape index (κ3) is 4.79. The minimum absolute atomic E-state index is 0.0215. The Bertz CT molecular complexity index is 521. The summed E-state index contributed by atoms with van der Waals surface area (Å²) in [6.45, 7) is 9.33. The van der Waals surface area contributed by atoms with Gasteiger partial charge in [-0.15, -0.1) is 0 Å². The van der Waals surface area contributed by atoms with Crippen molar-refractivity contribution in [3.05, 3.63) is 11.9 Å². The monoisotopic (exact) mass is 352 g/mol. The Morgan fingerprint density at radius 3 is 2.44 bits per heavy atom. The number of halogens is 1. The van der Waals surface area contributed by atoms with Crippen LogP contribution in [-0.2, 0) is 4.74 Å². The van der Waals surface area contributed by atoms with Crippen molar-refractivity contribution in [1.29, 1.82) is 0 Å². The van der Waals surface area contributed by atoms with Gasteiger partial charge in [0.05, 0.1) is 6.21 Å². The SMILES string of the molecule is CC(C)N1CCN(C(=O)OC2CCN([C@@H]3CC=C(F)C=N3)CC2)CC1. The molecule has 6 nitrogen and oxygen atoms in total. The van der Waals surface area contributed by atoms with Crippen LogP contribution in [-0.4, -0.2) is 84.6 Å². The number of hydrogen-bond acceptors (Lipinski definition) is 5. The van der Waals surface area contributed by atoms with Crippen molar-refractivity contribution in [2.45, 2.75) is 51.4 Å². The molecule has 0 spiro atoms. The van der Waals surface area contributed by atoms with E-state index in [1.807, 2.05) is 4.90 Å². The number of dihydropyridines is 1. The summed E-state index contributed by atoms with van der Waals surface area (Å²) in [7, 11) is 0. The highest BCUT2D eigenvalue weighted by molar-refractivity contribution is 5.76. The first kappa shape index (κ1) is 18.3. The fraction of sp³-hybridized carbons (Fsp3) is 0.778. The maximum absolute atomic E-state index is 13.0. The molecule has 2 saturated heterocycles. The topological polar surface area (TPSA) is 48.4 Å². The summed E-state index contributed by atoms with van der Waals surface area (Å²) in [5.74, 6) is -0.252. The molecular formula is C18H29FN4O2. The summed E-state index contributed by atoms with van der Waals surface area (Å²) in [6.07, 6.45) is 4.96. The molecule has 7 heteroatoms. The molecule has 0 aromatic carbocycles. The van der Waals surface area contributed by atoms with E-state index < -0.39 is 0 Å². The van der Waals surface area contributed by atoms with Crippen LogP contribution in [0.1, 0.15) is 33.1 Å². The van der Waals surface area contributed by atoms with Gasteiger partial charge in [0.1, 0.15) is 18.1 Å². The van der Waals surface area contributed by atoms with E-state index >= 15 is 0 Å². The number of hydrogen-bond donors (Lipinski definition) is 0. The number of carbonyl (C=O) groups excluding carboxylic acids is 1. The van der Waals surface area contributed by atoms with Crippen molar-refractivity contribution in [3.63, 3.8) is 0 Å². The average molecular weight is 352 g/mol. The number of carbonyl (C=O) groups is 1. The van der Waals surface area contributed by atoms with Gasteiger partial charge in [-0.25, -0.2) is 9.18 Å². The van der Waals surface area contributed by atoms with E-state index in [1.54, 1.807) is 6.08 Å². The lowest BCUT2D eigenvalue weighted by molar-refractivity contribution is 0.0103. The minimum Gasteiger partial charge on any atom is -0.446 e. The van der Waals surface area contributed by atoms with Gasteiger partial charge in [0.2, 0.25) is 0 Å². The highest BCUT2D eigenvalue weighted by Gasteiger charge is 2.29. The first-order valence-electron chi connectivity index (χ1n) is 9.35. The lowest BCUT2D eigenvalue weighted by Gasteiger charge is -2.38. The summed E-state index contributed by atoms with van der Waals surface area (Å²) < 4.78 is 18.7. The van der Waals surface area contributed by atoms with Gasteiger partial charge in [0, 0.05) is 51.7 Å². The average Bonchev–Trinajstić information content (AvgIpc) is 2.63. The van der Waals surface area contributed by atoms with Crippen LogP contribution >= 0.6 is 0 Å². The van der Waals surface area contributed by atoms with Crippen molar-refractivity contribution in [2.24, 2.45) is 4.99 Å². The second-order valence-electron chi connectivity index (χ2n) is 7.32. The van der Waals surface area contributed by atoms with Gasteiger partial charge in [0.25, 0.3) is 0 Å². The molecule has 3 heterocycles. The highest BCUT2D eigenvalue weighted by Crippen LogP contribution is 2.21. The number of amides is 1. The number of nitrogens with zero attached hydrogens (tertiary/aromatic N) is 4. The molecule has 2 fully saturated rings. The van der Waals surface area contributed by atoms with Gasteiger partial charge in [0.15, 0.2) is 0 Å². The second-order valence-corrected chi connectivity index (χ2v) is 7.32. The van der Waals surface area contributed by atoms with E-state index in [1.165, 1.54) is 6.21 Å². The lowest BCUT2D eigenvalue weighted by atomic mass is 10.1. The summed E-state index contributed by atoms with van der Waals surface area (Å²) >= 11 is 0. The predicted octanol–water partition coefficient (Wildman–Crippen LogP) is 2.27. The number of piperazine rings is 1. The number of likely N-dealkylation sites (tertiary alicyclic amines) is 1. The second kappa shape index (κ2) is 8.27. The van der Waals surface area contributed by atoms with E-state index in [-0.39, 0.29) is 24.2 Å². The maximum Gasteiger partial charge on any atom is 0.410 e. The van der Waals surface area contributed by atoms with Crippen LogP contribution in [0.4, 0.5) is 9.18 Å². The van der Waals surface area contributed by atoms with Crippen LogP contribution in [0.2, 0.25) is 0 Å². The van der Waals surface area contributed by atoms with Crippen LogP contribution in [0, 0.1) is 0 Å². The standard InChI is InChI=1S/C18H29FN4O2/c1-14(2)21-9-11-23(12-10-21)18(24)25-16-5-7-22(8-6-16)17-4-3-15(19)13-20-17/h3,13-14,16-17H,4-12H2,1-2H3/t17-/m1/s1. The third-order valence-electron chi connectivity index (χ3n) is 5.36. The first-order chi connectivity index (χ1) is 12.0. The van der Waals surface area contributed by atoms with Gasteiger partial charge in [-0.2, -0.15) is 0 Å². The Labute approximate surface area is 149 Å². The third-order valence-corrected chi connectivity index (χ3v) is 5.36. The van der Waals surface area contributed by atoms with Crippen molar-refractivity contribution in [2.75, 3.05) is 39.3 Å². The zero-order valence-corrected chi connectivity index (χ0v) is 15.2. The van der Waals surface area contributed by atoms with E-state index in [9.17, 15) is 9.18 Å². The first-order valence-corrected chi connectivity index (χ1v) is 9.35. The fourth-order valence-electron chi connectivity index (χ4n) is 3.66. The van der Waals surface area contributed by atoms with E-state index in [4.69, 9.17) is 4.74 Å². The van der Waals surface area contributed by atoms with Crippen LogP contribution in [0.25, 0.3) is 0 Å². The van der Waals surface area contributed by atoms with Crippen LogP contribution < -0.4 is 0 Å². The number of aliphatic imine (C=N–C) groups is 1. The van der Waals surface area contributed by atoms with E-state index in [0.29, 0.717) is 12.5 Å².